The lowest BCUT2D eigenvalue weighted by Crippen LogP contribution is -2.48. The molecule has 1 aliphatic heterocycles. The van der Waals surface area contributed by atoms with Gasteiger partial charge in [0.25, 0.3) is 17.3 Å². The molecule has 11 heteroatoms. The summed E-state index contributed by atoms with van der Waals surface area (Å²) in [7, 11) is 0. The van der Waals surface area contributed by atoms with E-state index in [9.17, 15) is 29.8 Å². The normalized spacial score (nSPS) is 15.2. The van der Waals surface area contributed by atoms with E-state index in [1.807, 2.05) is 0 Å². The fourth-order valence-electron chi connectivity index (χ4n) is 3.04. The molecule has 0 spiro atoms. The second kappa shape index (κ2) is 8.15. The van der Waals surface area contributed by atoms with Gasteiger partial charge in [-0.05, 0) is 25.0 Å². The highest BCUT2D eigenvalue weighted by atomic mass is 16.6. The molecule has 2 amide bonds. The van der Waals surface area contributed by atoms with Crippen molar-refractivity contribution in [1.29, 1.82) is 0 Å². The highest BCUT2D eigenvalue weighted by Gasteiger charge is 2.35. The maximum absolute atomic E-state index is 12.8. The van der Waals surface area contributed by atoms with Gasteiger partial charge in [0.2, 0.25) is 5.91 Å². The van der Waals surface area contributed by atoms with Gasteiger partial charge in [-0.15, -0.1) is 0 Å². The van der Waals surface area contributed by atoms with E-state index < -0.39 is 34.3 Å². The SMILES string of the molecule is CCC1Oc2ccc([N+](=O)[O-])cc2N(CC(=O)Nc2cc([N+](=O)[O-])ccc2C)C1=O. The van der Waals surface area contributed by atoms with Crippen LogP contribution in [-0.2, 0) is 9.59 Å². The van der Waals surface area contributed by atoms with Crippen LogP contribution < -0.4 is 15.0 Å². The average molecular weight is 414 g/mol. The third-order valence-corrected chi connectivity index (χ3v) is 4.63. The predicted octanol–water partition coefficient (Wildman–Crippen LogP) is 2.95. The fourth-order valence-corrected chi connectivity index (χ4v) is 3.04. The van der Waals surface area contributed by atoms with Crippen LogP contribution in [0.3, 0.4) is 0 Å². The molecule has 0 bridgehead atoms. The molecule has 0 aromatic heterocycles. The largest absolute Gasteiger partial charge is 0.478 e. The molecule has 0 aliphatic carbocycles. The van der Waals surface area contributed by atoms with Crippen molar-refractivity contribution in [2.24, 2.45) is 0 Å². The minimum absolute atomic E-state index is 0.116. The van der Waals surface area contributed by atoms with Crippen molar-refractivity contribution >= 4 is 34.6 Å². The number of nitro benzene ring substituents is 2. The van der Waals surface area contributed by atoms with Crippen LogP contribution in [0.5, 0.6) is 5.75 Å². The first-order valence-electron chi connectivity index (χ1n) is 9.02. The summed E-state index contributed by atoms with van der Waals surface area (Å²) in [5.41, 5.74) is 0.515. The number of carbonyl (C=O) groups is 2. The second-order valence-corrected chi connectivity index (χ2v) is 6.65. The number of anilines is 2. The number of non-ortho nitro benzene ring substituents is 2. The van der Waals surface area contributed by atoms with Crippen LogP contribution in [0.15, 0.2) is 36.4 Å². The molecular weight excluding hydrogens is 396 g/mol. The van der Waals surface area contributed by atoms with Gasteiger partial charge in [0.15, 0.2) is 6.10 Å². The van der Waals surface area contributed by atoms with E-state index in [0.717, 1.165) is 4.90 Å². The molecule has 3 rings (SSSR count). The first-order valence-corrected chi connectivity index (χ1v) is 9.02. The topological polar surface area (TPSA) is 145 Å². The van der Waals surface area contributed by atoms with E-state index in [1.165, 1.54) is 36.4 Å². The summed E-state index contributed by atoms with van der Waals surface area (Å²) in [6.45, 7) is 2.98. The van der Waals surface area contributed by atoms with Gasteiger partial charge in [-0.3, -0.25) is 34.7 Å². The molecule has 2 aromatic carbocycles. The lowest BCUT2D eigenvalue weighted by atomic mass is 10.1. The van der Waals surface area contributed by atoms with Crippen molar-refractivity contribution in [3.05, 3.63) is 62.2 Å². The Morgan fingerprint density at radius 2 is 1.77 bits per heavy atom. The number of benzene rings is 2. The number of fused-ring (bicyclic) bond motifs is 1. The Kier molecular flexibility index (Phi) is 5.63. The van der Waals surface area contributed by atoms with E-state index in [1.54, 1.807) is 13.8 Å². The molecule has 0 radical (unpaired) electrons. The number of ether oxygens (including phenoxy) is 1. The van der Waals surface area contributed by atoms with Gasteiger partial charge in [0, 0.05) is 24.3 Å². The fraction of sp³-hybridized carbons (Fsp3) is 0.263. The van der Waals surface area contributed by atoms with E-state index in [4.69, 9.17) is 4.74 Å². The van der Waals surface area contributed by atoms with Gasteiger partial charge in [0.1, 0.15) is 12.3 Å². The van der Waals surface area contributed by atoms with Crippen molar-refractivity contribution in [2.75, 3.05) is 16.8 Å². The van der Waals surface area contributed by atoms with E-state index in [-0.39, 0.29) is 28.5 Å². The van der Waals surface area contributed by atoms with Crippen molar-refractivity contribution in [3.8, 4) is 5.75 Å². The Labute approximate surface area is 170 Å². The molecule has 1 heterocycles. The standard InChI is InChI=1S/C19H18N4O7/c1-3-16-19(25)21(15-9-13(23(28)29)6-7-17(15)30-16)10-18(24)20-14-8-12(22(26)27)5-4-11(14)2/h4-9,16H,3,10H2,1-2H3,(H,20,24). The van der Waals surface area contributed by atoms with Crippen LogP contribution in [0.4, 0.5) is 22.7 Å². The highest BCUT2D eigenvalue weighted by molar-refractivity contribution is 6.06. The Hall–Kier alpha value is -4.02. The predicted molar refractivity (Wildman–Crippen MR) is 107 cm³/mol. The van der Waals surface area contributed by atoms with Crippen molar-refractivity contribution in [1.82, 2.24) is 0 Å². The first-order chi connectivity index (χ1) is 14.2. The van der Waals surface area contributed by atoms with E-state index in [0.29, 0.717) is 12.0 Å². The quantitative estimate of drug-likeness (QED) is 0.565. The summed E-state index contributed by atoms with van der Waals surface area (Å²) in [5, 5.41) is 24.6. The number of carbonyl (C=O) groups excluding carboxylic acids is 2. The zero-order chi connectivity index (χ0) is 22.0. The molecule has 1 aliphatic rings. The molecule has 1 atom stereocenters. The minimum atomic E-state index is -0.827. The van der Waals surface area contributed by atoms with Crippen LogP contribution in [0.25, 0.3) is 0 Å². The number of nitrogens with one attached hydrogen (secondary N) is 1. The van der Waals surface area contributed by atoms with E-state index in [2.05, 4.69) is 5.32 Å². The monoisotopic (exact) mass is 414 g/mol. The minimum Gasteiger partial charge on any atom is -0.478 e. The molecule has 30 heavy (non-hydrogen) atoms. The number of hydrogen-bond acceptors (Lipinski definition) is 7. The Morgan fingerprint density at radius 1 is 1.13 bits per heavy atom. The number of rotatable bonds is 6. The number of hydrogen-bond donors (Lipinski definition) is 1. The molecule has 2 aromatic rings. The summed E-state index contributed by atoms with van der Waals surface area (Å²) >= 11 is 0. The van der Waals surface area contributed by atoms with Crippen LogP contribution in [0, 0.1) is 27.2 Å². The molecule has 156 valence electrons. The van der Waals surface area contributed by atoms with E-state index >= 15 is 0 Å². The number of nitro groups is 2. The second-order valence-electron chi connectivity index (χ2n) is 6.65. The van der Waals surface area contributed by atoms with Gasteiger partial charge in [0.05, 0.1) is 21.2 Å². The Morgan fingerprint density at radius 3 is 2.40 bits per heavy atom. The van der Waals surface area contributed by atoms with Crippen molar-refractivity contribution in [3.63, 3.8) is 0 Å². The molecule has 11 nitrogen and oxygen atoms in total. The third kappa shape index (κ3) is 4.04. The summed E-state index contributed by atoms with van der Waals surface area (Å²) in [6, 6.07) is 7.86. The van der Waals surface area contributed by atoms with Crippen LogP contribution in [0.2, 0.25) is 0 Å². The van der Waals surface area contributed by atoms with Crippen LogP contribution in [-0.4, -0.2) is 34.3 Å². The highest BCUT2D eigenvalue weighted by Crippen LogP contribution is 2.37. The summed E-state index contributed by atoms with van der Waals surface area (Å²) < 4.78 is 5.60. The molecule has 1 N–H and O–H groups in total. The maximum Gasteiger partial charge on any atom is 0.271 e. The average Bonchev–Trinajstić information content (AvgIpc) is 2.70. The zero-order valence-corrected chi connectivity index (χ0v) is 16.2. The summed E-state index contributed by atoms with van der Waals surface area (Å²) in [5.74, 6) is -0.857. The molecule has 0 saturated carbocycles. The number of aryl methyl sites for hydroxylation is 1. The Balaban J connectivity index is 1.89. The Bertz CT molecular complexity index is 1050. The molecule has 0 fully saturated rings. The van der Waals surface area contributed by atoms with Crippen LogP contribution >= 0.6 is 0 Å². The first kappa shape index (κ1) is 20.7. The van der Waals surface area contributed by atoms with Gasteiger partial charge in [-0.2, -0.15) is 0 Å². The van der Waals surface area contributed by atoms with Crippen molar-refractivity contribution in [2.45, 2.75) is 26.4 Å². The lowest BCUT2D eigenvalue weighted by Gasteiger charge is -2.33. The number of amides is 2. The molecule has 1 unspecified atom stereocenters. The maximum atomic E-state index is 12.8. The van der Waals surface area contributed by atoms with Gasteiger partial charge in [-0.1, -0.05) is 13.0 Å². The number of nitrogens with zero attached hydrogens (tertiary/aromatic N) is 3. The third-order valence-electron chi connectivity index (χ3n) is 4.63. The van der Waals surface area contributed by atoms with Gasteiger partial charge >= 0.3 is 0 Å². The van der Waals surface area contributed by atoms with Gasteiger partial charge in [-0.25, -0.2) is 0 Å². The molecule has 0 saturated heterocycles. The smallest absolute Gasteiger partial charge is 0.271 e. The summed E-state index contributed by atoms with van der Waals surface area (Å²) in [4.78, 5) is 47.4. The lowest BCUT2D eigenvalue weighted by molar-refractivity contribution is -0.385. The summed E-state index contributed by atoms with van der Waals surface area (Å²) in [6.07, 6.45) is -0.483. The van der Waals surface area contributed by atoms with Gasteiger partial charge < -0.3 is 10.1 Å². The zero-order valence-electron chi connectivity index (χ0n) is 16.2. The van der Waals surface area contributed by atoms with Crippen molar-refractivity contribution < 1.29 is 24.2 Å². The molecular formula is C19H18N4O7. The van der Waals surface area contributed by atoms with Crippen LogP contribution in [0.1, 0.15) is 18.9 Å².